The number of amides is 7. The molecule has 0 saturated carbocycles. The second kappa shape index (κ2) is 19.0. The molecule has 20 nitrogen and oxygen atoms in total. The first-order chi connectivity index (χ1) is 33.5. The predicted molar refractivity (Wildman–Crippen MR) is 251 cm³/mol. The van der Waals surface area contributed by atoms with Crippen molar-refractivity contribution < 1.29 is 57.3 Å². The summed E-state index contributed by atoms with van der Waals surface area (Å²) in [4.78, 5) is 122. The maximum absolute atomic E-state index is 15.4. The molecule has 4 aliphatic rings. The van der Waals surface area contributed by atoms with Crippen LogP contribution in [0, 0.1) is 18.7 Å². The highest BCUT2D eigenvalue weighted by atomic mass is 19.1. The van der Waals surface area contributed by atoms with Gasteiger partial charge in [0, 0.05) is 53.6 Å². The molecule has 5 heterocycles. The molecule has 2 aromatic carbocycles. The fourth-order valence-corrected chi connectivity index (χ4v) is 9.55. The molecule has 6 N–H and O–H groups in total. The van der Waals surface area contributed by atoms with E-state index >= 15 is 4.39 Å². The lowest BCUT2D eigenvalue weighted by Gasteiger charge is -2.33. The number of pyridine rings is 2. The molecule has 374 valence electrons. The SMILES string of the molecule is CC[C@@]1(O)C(=O)OCc2c1cc1n(c2=O)Cc2c-1nc1cc(F)c(C)c3c1c2[C@@H](NC(=O)C(C)(C)NC(=O)OCc1ccc(NC(=O)[C@H](C)NC(=O)[C@H](C)NC(=O)CCN2C(=O)CC(C)C2=O)cc1)CC3. The molecule has 21 heteroatoms. The average Bonchev–Trinajstić information content (AvgIpc) is 3.81. The van der Waals surface area contributed by atoms with Gasteiger partial charge in [0.05, 0.1) is 35.1 Å². The fourth-order valence-electron chi connectivity index (χ4n) is 9.55. The van der Waals surface area contributed by atoms with E-state index in [-0.39, 0.29) is 68.5 Å². The van der Waals surface area contributed by atoms with Gasteiger partial charge in [0.2, 0.25) is 35.4 Å². The molecular weight excluding hydrogens is 924 g/mol. The van der Waals surface area contributed by atoms with E-state index in [1.807, 2.05) is 0 Å². The molecule has 1 saturated heterocycles. The molecule has 2 aromatic heterocycles. The summed E-state index contributed by atoms with van der Waals surface area (Å²) in [6, 6.07) is 6.54. The average molecular weight is 979 g/mol. The lowest BCUT2D eigenvalue weighted by atomic mass is 9.81. The largest absolute Gasteiger partial charge is 0.458 e. The summed E-state index contributed by atoms with van der Waals surface area (Å²) in [6.45, 7) is 10.3. The lowest BCUT2D eigenvalue weighted by molar-refractivity contribution is -0.172. The fraction of sp³-hybridized carbons (Fsp3) is 0.440. The van der Waals surface area contributed by atoms with Gasteiger partial charge in [-0.05, 0) is 94.3 Å². The molecule has 3 aliphatic heterocycles. The Hall–Kier alpha value is -7.55. The van der Waals surface area contributed by atoms with Crippen LogP contribution in [0.1, 0.15) is 112 Å². The highest BCUT2D eigenvalue weighted by molar-refractivity contribution is 6.04. The third-order valence-corrected chi connectivity index (χ3v) is 13.8. The highest BCUT2D eigenvalue weighted by Crippen LogP contribution is 2.46. The van der Waals surface area contributed by atoms with Crippen LogP contribution in [0.25, 0.3) is 22.3 Å². The number of ether oxygens (including phenoxy) is 2. The number of fused-ring (bicyclic) bond motifs is 5. The summed E-state index contributed by atoms with van der Waals surface area (Å²) in [7, 11) is 0. The van der Waals surface area contributed by atoms with Crippen molar-refractivity contribution in [2.24, 2.45) is 5.92 Å². The topological polar surface area (TPSA) is 274 Å². The minimum absolute atomic E-state index is 0.0461. The van der Waals surface area contributed by atoms with Crippen LogP contribution in [0.4, 0.5) is 14.9 Å². The van der Waals surface area contributed by atoms with E-state index in [4.69, 9.17) is 14.5 Å². The number of anilines is 1. The molecule has 7 amide bonds. The number of imide groups is 1. The molecule has 71 heavy (non-hydrogen) atoms. The van der Waals surface area contributed by atoms with Crippen LogP contribution in [-0.2, 0) is 74.8 Å². The van der Waals surface area contributed by atoms with Crippen molar-refractivity contribution >= 4 is 64.1 Å². The molecule has 0 bridgehead atoms. The van der Waals surface area contributed by atoms with E-state index < -0.39 is 82.3 Å². The van der Waals surface area contributed by atoms with E-state index in [0.717, 1.165) is 10.5 Å². The van der Waals surface area contributed by atoms with E-state index in [1.165, 1.54) is 38.3 Å². The third-order valence-electron chi connectivity index (χ3n) is 13.8. The molecule has 1 fully saturated rings. The number of carbonyl (C=O) groups is 8. The van der Waals surface area contributed by atoms with Crippen molar-refractivity contribution in [3.8, 4) is 11.4 Å². The normalized spacial score (nSPS) is 19.7. The van der Waals surface area contributed by atoms with Crippen molar-refractivity contribution in [1.29, 1.82) is 0 Å². The minimum Gasteiger partial charge on any atom is -0.458 e. The van der Waals surface area contributed by atoms with Crippen LogP contribution in [0.2, 0.25) is 0 Å². The molecule has 0 spiro atoms. The number of aliphatic hydroxyl groups is 1. The molecule has 1 aliphatic carbocycles. The maximum Gasteiger partial charge on any atom is 0.408 e. The van der Waals surface area contributed by atoms with Gasteiger partial charge in [-0.15, -0.1) is 0 Å². The Morgan fingerprint density at radius 2 is 1.70 bits per heavy atom. The number of benzene rings is 2. The Morgan fingerprint density at radius 3 is 2.38 bits per heavy atom. The van der Waals surface area contributed by atoms with Gasteiger partial charge < -0.3 is 45.7 Å². The molecular formula is C50H55FN8O12. The van der Waals surface area contributed by atoms with Gasteiger partial charge >= 0.3 is 12.1 Å². The number of esters is 1. The number of alkyl carbamates (subject to hydrolysis) is 1. The zero-order valence-electron chi connectivity index (χ0n) is 40.3. The molecule has 0 radical (unpaired) electrons. The Kier molecular flexibility index (Phi) is 13.3. The van der Waals surface area contributed by atoms with Crippen LogP contribution in [0.15, 0.2) is 41.2 Å². The quantitative estimate of drug-likeness (QED) is 0.0691. The second-order valence-electron chi connectivity index (χ2n) is 19.1. The number of carbonyl (C=O) groups excluding carboxylic acids is 8. The van der Waals surface area contributed by atoms with E-state index in [1.54, 1.807) is 51.1 Å². The number of nitrogens with zero attached hydrogens (tertiary/aromatic N) is 3. The minimum atomic E-state index is -2.05. The summed E-state index contributed by atoms with van der Waals surface area (Å²) < 4.78 is 27.6. The van der Waals surface area contributed by atoms with Crippen LogP contribution < -0.4 is 32.1 Å². The first-order valence-corrected chi connectivity index (χ1v) is 23.4. The first-order valence-electron chi connectivity index (χ1n) is 23.4. The Bertz CT molecular complexity index is 3030. The van der Waals surface area contributed by atoms with Crippen molar-refractivity contribution in [3.05, 3.63) is 91.5 Å². The van der Waals surface area contributed by atoms with E-state index in [9.17, 15) is 48.3 Å². The van der Waals surface area contributed by atoms with Gasteiger partial charge in [-0.3, -0.25) is 38.5 Å². The molecule has 1 unspecified atom stereocenters. The number of hydrogen-bond acceptors (Lipinski definition) is 13. The summed E-state index contributed by atoms with van der Waals surface area (Å²) in [6.07, 6.45) is -0.280. The first kappa shape index (κ1) is 49.9. The number of rotatable bonds is 14. The summed E-state index contributed by atoms with van der Waals surface area (Å²) in [5.41, 5.74) is 0.582. The van der Waals surface area contributed by atoms with Gasteiger partial charge in [-0.2, -0.15) is 0 Å². The zero-order valence-corrected chi connectivity index (χ0v) is 40.3. The number of likely N-dealkylation sites (tertiary alicyclic amines) is 1. The zero-order chi connectivity index (χ0) is 51.4. The lowest BCUT2D eigenvalue weighted by Crippen LogP contribution is -2.55. The van der Waals surface area contributed by atoms with E-state index in [2.05, 4.69) is 26.6 Å². The molecule has 5 atom stereocenters. The van der Waals surface area contributed by atoms with Gasteiger partial charge in [0.25, 0.3) is 5.56 Å². The monoisotopic (exact) mass is 978 g/mol. The van der Waals surface area contributed by atoms with E-state index in [0.29, 0.717) is 63.1 Å². The molecule has 4 aromatic rings. The van der Waals surface area contributed by atoms with Crippen LogP contribution in [-0.4, -0.2) is 91.2 Å². The number of aryl methyl sites for hydroxylation is 1. The molecule has 8 rings (SSSR count). The van der Waals surface area contributed by atoms with Gasteiger partial charge in [0.15, 0.2) is 5.60 Å². The number of cyclic esters (lactones) is 1. The smallest absolute Gasteiger partial charge is 0.408 e. The van der Waals surface area contributed by atoms with Gasteiger partial charge in [-0.25, -0.2) is 19.0 Å². The predicted octanol–water partition coefficient (Wildman–Crippen LogP) is 3.07. The standard InChI is InChI=1S/C50H55FN8O12/c1-8-50(69)32-18-36-41-30(20-59(36)45(65)31(32)22-70-47(50)67)40-34(14-13-29-24(3)33(51)19-35(55-41)39(29)40)56-46(66)49(6,7)57-48(68)71-21-27-9-11-28(12-10-27)54-43(63)26(5)53-42(62)25(4)52-37(60)15-16-58-38(61)17-23(2)44(58)64/h9-12,18-19,23,25-26,34,69H,8,13-17,20-22H2,1-7H3,(H,52,60)(H,53,62)(H,54,63)(H,56,66)(H,57,68)/t23?,25-,26-,34-,50-/m0/s1. The summed E-state index contributed by atoms with van der Waals surface area (Å²) >= 11 is 0. The Morgan fingerprint density at radius 1 is 1.00 bits per heavy atom. The Balaban J connectivity index is 0.869. The number of aromatic nitrogens is 2. The summed E-state index contributed by atoms with van der Waals surface area (Å²) in [5, 5.41) is 25.4. The maximum atomic E-state index is 15.4. The van der Waals surface area contributed by atoms with Crippen LogP contribution in [0.5, 0.6) is 0 Å². The third kappa shape index (κ3) is 9.32. The van der Waals surface area contributed by atoms with Crippen molar-refractivity contribution in [2.45, 2.75) is 130 Å². The number of halogens is 1. The van der Waals surface area contributed by atoms with Crippen molar-refractivity contribution in [3.63, 3.8) is 0 Å². The van der Waals surface area contributed by atoms with Crippen LogP contribution in [0.3, 0.4) is 0 Å². The van der Waals surface area contributed by atoms with Crippen molar-refractivity contribution in [2.75, 3.05) is 11.9 Å². The van der Waals surface area contributed by atoms with Crippen molar-refractivity contribution in [1.82, 2.24) is 35.7 Å². The Labute approximate surface area is 406 Å². The summed E-state index contributed by atoms with van der Waals surface area (Å²) in [5.74, 6) is -4.74. The van der Waals surface area contributed by atoms with Gasteiger partial charge in [0.1, 0.15) is 36.7 Å². The number of nitrogens with one attached hydrogen (secondary N) is 5. The van der Waals surface area contributed by atoms with Gasteiger partial charge in [-0.1, -0.05) is 26.0 Å². The highest BCUT2D eigenvalue weighted by Gasteiger charge is 2.46. The number of hydrogen-bond donors (Lipinski definition) is 6. The van der Waals surface area contributed by atoms with Crippen LogP contribution >= 0.6 is 0 Å². The second-order valence-corrected chi connectivity index (χ2v) is 19.1.